The van der Waals surface area contributed by atoms with E-state index in [2.05, 4.69) is 0 Å². The summed E-state index contributed by atoms with van der Waals surface area (Å²) < 4.78 is 21.6. The Bertz CT molecular complexity index is 531. The van der Waals surface area contributed by atoms with Gasteiger partial charge in [-0.05, 0) is 12.5 Å². The van der Waals surface area contributed by atoms with Crippen LogP contribution < -0.4 is 0 Å². The summed E-state index contributed by atoms with van der Waals surface area (Å²) in [6, 6.07) is 9.37. The van der Waals surface area contributed by atoms with Crippen molar-refractivity contribution in [2.24, 2.45) is 0 Å². The predicted molar refractivity (Wildman–Crippen MR) is 82.7 cm³/mol. The minimum atomic E-state index is -1.36. The van der Waals surface area contributed by atoms with E-state index in [4.69, 9.17) is 18.9 Å². The lowest BCUT2D eigenvalue weighted by Gasteiger charge is -2.42. The molecule has 0 spiro atoms. The van der Waals surface area contributed by atoms with Gasteiger partial charge in [-0.2, -0.15) is 0 Å². The highest BCUT2D eigenvalue weighted by molar-refractivity contribution is 5.67. The first kappa shape index (κ1) is 18.4. The van der Waals surface area contributed by atoms with E-state index < -0.39 is 42.6 Å². The zero-order valence-corrected chi connectivity index (χ0v) is 13.9. The lowest BCUT2D eigenvalue weighted by Crippen LogP contribution is -2.60. The molecule has 1 heterocycles. The Morgan fingerprint density at radius 3 is 2.21 bits per heavy atom. The van der Waals surface area contributed by atoms with Crippen molar-refractivity contribution in [1.82, 2.24) is 0 Å². The third kappa shape index (κ3) is 4.77. The number of hydrogen-bond donors (Lipinski definition) is 1. The van der Waals surface area contributed by atoms with Crippen LogP contribution in [0.4, 0.5) is 0 Å². The molecule has 132 valence electrons. The van der Waals surface area contributed by atoms with Gasteiger partial charge in [-0.15, -0.1) is 0 Å². The van der Waals surface area contributed by atoms with Crippen molar-refractivity contribution < 1.29 is 33.6 Å². The Balaban J connectivity index is 2.19. The molecular formula is C17H22O7. The monoisotopic (exact) mass is 338 g/mol. The molecule has 0 amide bonds. The molecule has 1 aromatic carbocycles. The molecule has 0 unspecified atom stereocenters. The van der Waals surface area contributed by atoms with Gasteiger partial charge in [0.2, 0.25) is 0 Å². The lowest BCUT2D eigenvalue weighted by atomic mass is 9.99. The molecule has 0 bridgehead atoms. The van der Waals surface area contributed by atoms with Gasteiger partial charge in [0.25, 0.3) is 0 Å². The van der Waals surface area contributed by atoms with Gasteiger partial charge in [0, 0.05) is 13.8 Å². The molecule has 1 N–H and O–H groups in total. The standard InChI is InChI=1S/C17H22O7/c1-10-14(23-11(2)18)15(16(17(20)22-10)24-12(3)19)21-9-13-7-5-4-6-8-13/h4-8,10,14-17,20H,9H2,1-3H3/t10-,14+,15-,16+,17+/m0/s1. The molecule has 24 heavy (non-hydrogen) atoms. The summed E-state index contributed by atoms with van der Waals surface area (Å²) in [4.78, 5) is 22.7. The van der Waals surface area contributed by atoms with Crippen LogP contribution in [0.1, 0.15) is 26.3 Å². The number of aliphatic hydroxyl groups is 1. The molecule has 0 saturated carbocycles. The van der Waals surface area contributed by atoms with E-state index in [1.165, 1.54) is 13.8 Å². The van der Waals surface area contributed by atoms with Gasteiger partial charge in [-0.1, -0.05) is 30.3 Å². The van der Waals surface area contributed by atoms with E-state index in [1.54, 1.807) is 6.92 Å². The van der Waals surface area contributed by atoms with Crippen molar-refractivity contribution in [3.05, 3.63) is 35.9 Å². The zero-order chi connectivity index (χ0) is 17.7. The van der Waals surface area contributed by atoms with Crippen LogP contribution in [-0.2, 0) is 35.1 Å². The lowest BCUT2D eigenvalue weighted by molar-refractivity contribution is -0.294. The third-order valence-corrected chi connectivity index (χ3v) is 3.63. The van der Waals surface area contributed by atoms with E-state index in [9.17, 15) is 14.7 Å². The maximum Gasteiger partial charge on any atom is 0.303 e. The summed E-state index contributed by atoms with van der Waals surface area (Å²) in [6.07, 6.45) is -4.73. The molecule has 1 aliphatic rings. The molecule has 7 nitrogen and oxygen atoms in total. The van der Waals surface area contributed by atoms with Crippen molar-refractivity contribution in [2.75, 3.05) is 0 Å². The number of carbonyl (C=O) groups excluding carboxylic acids is 2. The Hall–Kier alpha value is -1.96. The largest absolute Gasteiger partial charge is 0.457 e. The first-order valence-corrected chi connectivity index (χ1v) is 7.72. The summed E-state index contributed by atoms with van der Waals surface area (Å²) in [7, 11) is 0. The number of carbonyl (C=O) groups is 2. The SMILES string of the molecule is CC(=O)O[C@@H]1[C@@H](OCc2ccccc2)[C@H](OC(C)=O)[C@H](C)O[C@H]1O. The van der Waals surface area contributed by atoms with Crippen molar-refractivity contribution in [3.8, 4) is 0 Å². The van der Waals surface area contributed by atoms with Gasteiger partial charge in [-0.3, -0.25) is 9.59 Å². The van der Waals surface area contributed by atoms with Crippen LogP contribution in [0.5, 0.6) is 0 Å². The summed E-state index contributed by atoms with van der Waals surface area (Å²) in [5.41, 5.74) is 0.897. The van der Waals surface area contributed by atoms with Gasteiger partial charge in [-0.25, -0.2) is 0 Å². The van der Waals surface area contributed by atoms with Crippen LogP contribution in [0.25, 0.3) is 0 Å². The smallest absolute Gasteiger partial charge is 0.303 e. The zero-order valence-electron chi connectivity index (χ0n) is 13.9. The van der Waals surface area contributed by atoms with Crippen LogP contribution in [0, 0.1) is 0 Å². The second-order valence-electron chi connectivity index (χ2n) is 5.64. The van der Waals surface area contributed by atoms with Gasteiger partial charge < -0.3 is 24.1 Å². The number of hydrogen-bond acceptors (Lipinski definition) is 7. The topological polar surface area (TPSA) is 91.3 Å². The second kappa shape index (κ2) is 8.23. The summed E-state index contributed by atoms with van der Waals surface area (Å²) in [5.74, 6) is -1.10. The first-order valence-electron chi connectivity index (χ1n) is 7.72. The maximum atomic E-state index is 11.4. The summed E-state index contributed by atoms with van der Waals surface area (Å²) in [6.45, 7) is 4.35. The Kier molecular flexibility index (Phi) is 6.30. The van der Waals surface area contributed by atoms with Crippen LogP contribution in [0.15, 0.2) is 30.3 Å². The van der Waals surface area contributed by atoms with Crippen molar-refractivity contribution in [1.29, 1.82) is 0 Å². The van der Waals surface area contributed by atoms with Crippen LogP contribution >= 0.6 is 0 Å². The van der Waals surface area contributed by atoms with E-state index in [0.29, 0.717) is 0 Å². The highest BCUT2D eigenvalue weighted by atomic mass is 16.7. The van der Waals surface area contributed by atoms with Gasteiger partial charge >= 0.3 is 11.9 Å². The van der Waals surface area contributed by atoms with Gasteiger partial charge in [0.1, 0.15) is 6.10 Å². The molecule has 1 aromatic rings. The van der Waals surface area contributed by atoms with E-state index in [1.807, 2.05) is 30.3 Å². The van der Waals surface area contributed by atoms with Crippen molar-refractivity contribution in [3.63, 3.8) is 0 Å². The molecule has 1 saturated heterocycles. The normalized spacial score (nSPS) is 29.8. The quantitative estimate of drug-likeness (QED) is 0.806. The van der Waals surface area contributed by atoms with Gasteiger partial charge in [0.05, 0.1) is 12.7 Å². The Labute approximate surface area is 140 Å². The van der Waals surface area contributed by atoms with Crippen LogP contribution in [-0.4, -0.2) is 47.8 Å². The number of ether oxygens (including phenoxy) is 4. The Morgan fingerprint density at radius 1 is 1.04 bits per heavy atom. The minimum absolute atomic E-state index is 0.209. The fourth-order valence-electron chi connectivity index (χ4n) is 2.62. The number of aliphatic hydroxyl groups excluding tert-OH is 1. The molecule has 0 aromatic heterocycles. The molecular weight excluding hydrogens is 316 g/mol. The number of benzene rings is 1. The molecule has 5 atom stereocenters. The van der Waals surface area contributed by atoms with Crippen molar-refractivity contribution >= 4 is 11.9 Å². The fraction of sp³-hybridized carbons (Fsp3) is 0.529. The predicted octanol–water partition coefficient (Wildman–Crippen LogP) is 1.17. The summed E-state index contributed by atoms with van der Waals surface area (Å²) in [5, 5.41) is 10.1. The average molecular weight is 338 g/mol. The molecule has 0 aliphatic carbocycles. The molecule has 1 fully saturated rings. The molecule has 0 radical (unpaired) electrons. The molecule has 2 rings (SSSR count). The molecule has 7 heteroatoms. The minimum Gasteiger partial charge on any atom is -0.457 e. The highest BCUT2D eigenvalue weighted by Crippen LogP contribution is 2.28. The van der Waals surface area contributed by atoms with Crippen LogP contribution in [0.2, 0.25) is 0 Å². The second-order valence-corrected chi connectivity index (χ2v) is 5.64. The number of esters is 2. The van der Waals surface area contributed by atoms with E-state index in [-0.39, 0.29) is 6.61 Å². The van der Waals surface area contributed by atoms with Crippen molar-refractivity contribution in [2.45, 2.75) is 58.1 Å². The van der Waals surface area contributed by atoms with E-state index >= 15 is 0 Å². The first-order chi connectivity index (χ1) is 11.4. The third-order valence-electron chi connectivity index (χ3n) is 3.63. The van der Waals surface area contributed by atoms with E-state index in [0.717, 1.165) is 5.56 Å². The Morgan fingerprint density at radius 2 is 1.62 bits per heavy atom. The van der Waals surface area contributed by atoms with Gasteiger partial charge in [0.15, 0.2) is 18.5 Å². The average Bonchev–Trinajstić information content (AvgIpc) is 2.51. The number of rotatable bonds is 5. The summed E-state index contributed by atoms with van der Waals surface area (Å²) >= 11 is 0. The van der Waals surface area contributed by atoms with Crippen LogP contribution in [0.3, 0.4) is 0 Å². The molecule has 1 aliphatic heterocycles. The maximum absolute atomic E-state index is 11.4. The highest BCUT2D eigenvalue weighted by Gasteiger charge is 2.48. The fourth-order valence-corrected chi connectivity index (χ4v) is 2.62.